The van der Waals surface area contributed by atoms with Crippen LogP contribution in [0, 0.1) is 0 Å². The molecule has 1 aromatic heterocycles. The summed E-state index contributed by atoms with van der Waals surface area (Å²) in [6.45, 7) is 3.60. The molecule has 1 saturated carbocycles. The van der Waals surface area contributed by atoms with Gasteiger partial charge in [0.2, 0.25) is 5.91 Å². The van der Waals surface area contributed by atoms with Crippen molar-refractivity contribution in [1.82, 2.24) is 10.3 Å². The van der Waals surface area contributed by atoms with E-state index in [9.17, 15) is 4.79 Å². The number of aryl methyl sites for hydroxylation is 1. The predicted octanol–water partition coefficient (Wildman–Crippen LogP) is 3.84. The minimum atomic E-state index is 0.0343. The third kappa shape index (κ3) is 4.79. The molecule has 1 aliphatic carbocycles. The predicted molar refractivity (Wildman–Crippen MR) is 95.8 cm³/mol. The number of rotatable bonds is 7. The molecular weight excluding hydrogens is 306 g/mol. The highest BCUT2D eigenvalue weighted by atomic mass is 32.1. The molecule has 0 radical (unpaired) electrons. The summed E-state index contributed by atoms with van der Waals surface area (Å²) >= 11 is 1.67. The van der Waals surface area contributed by atoms with Gasteiger partial charge in [-0.25, -0.2) is 4.98 Å². The normalized spacial score (nSPS) is 15.2. The van der Waals surface area contributed by atoms with Crippen molar-refractivity contribution >= 4 is 22.4 Å². The van der Waals surface area contributed by atoms with Crippen LogP contribution in [-0.2, 0) is 11.2 Å². The van der Waals surface area contributed by atoms with Gasteiger partial charge >= 0.3 is 0 Å². The zero-order valence-corrected chi connectivity index (χ0v) is 14.5. The highest BCUT2D eigenvalue weighted by molar-refractivity contribution is 7.14. The molecule has 1 aromatic carbocycles. The van der Waals surface area contributed by atoms with E-state index < -0.39 is 0 Å². The van der Waals surface area contributed by atoms with E-state index in [-0.39, 0.29) is 11.9 Å². The van der Waals surface area contributed by atoms with Crippen LogP contribution in [0.2, 0.25) is 0 Å². The van der Waals surface area contributed by atoms with Crippen LogP contribution in [0.15, 0.2) is 29.6 Å². The van der Waals surface area contributed by atoms with E-state index >= 15 is 0 Å². The first-order valence-corrected chi connectivity index (χ1v) is 9.06. The van der Waals surface area contributed by atoms with Gasteiger partial charge in [0.1, 0.15) is 0 Å². The van der Waals surface area contributed by atoms with E-state index in [2.05, 4.69) is 45.3 Å². The van der Waals surface area contributed by atoms with Crippen LogP contribution < -0.4 is 10.6 Å². The van der Waals surface area contributed by atoms with Gasteiger partial charge in [0, 0.05) is 30.0 Å². The number of aromatic nitrogens is 1. The number of benzene rings is 1. The second kappa shape index (κ2) is 7.13. The minimum Gasteiger partial charge on any atom is -0.359 e. The molecule has 5 heteroatoms. The van der Waals surface area contributed by atoms with Crippen molar-refractivity contribution in [3.63, 3.8) is 0 Å². The number of nitrogens with zero attached hydrogens (tertiary/aromatic N) is 1. The summed E-state index contributed by atoms with van der Waals surface area (Å²) < 4.78 is 0. The smallest absolute Gasteiger partial charge is 0.217 e. The van der Waals surface area contributed by atoms with Gasteiger partial charge in [0.25, 0.3) is 0 Å². The molecule has 0 bridgehead atoms. The number of hydrogen-bond donors (Lipinski definition) is 2. The summed E-state index contributed by atoms with van der Waals surface area (Å²) in [5, 5.41) is 9.49. The van der Waals surface area contributed by atoms with Crippen molar-refractivity contribution in [2.75, 3.05) is 5.32 Å². The lowest BCUT2D eigenvalue weighted by Crippen LogP contribution is -2.30. The maximum Gasteiger partial charge on any atom is 0.217 e. The highest BCUT2D eigenvalue weighted by Gasteiger charge is 2.22. The second-order valence-electron chi connectivity index (χ2n) is 6.29. The summed E-state index contributed by atoms with van der Waals surface area (Å²) in [6, 6.07) is 9.43. The van der Waals surface area contributed by atoms with Crippen molar-refractivity contribution in [3.8, 4) is 11.3 Å². The van der Waals surface area contributed by atoms with Gasteiger partial charge in [-0.1, -0.05) is 24.3 Å². The van der Waals surface area contributed by atoms with Crippen molar-refractivity contribution in [1.29, 1.82) is 0 Å². The molecule has 1 unspecified atom stereocenters. The summed E-state index contributed by atoms with van der Waals surface area (Å²) in [5.41, 5.74) is 3.48. The van der Waals surface area contributed by atoms with E-state index in [1.807, 2.05) is 6.92 Å². The molecule has 23 heavy (non-hydrogen) atoms. The Balaban J connectivity index is 1.55. The van der Waals surface area contributed by atoms with Crippen molar-refractivity contribution < 1.29 is 4.79 Å². The van der Waals surface area contributed by atoms with Gasteiger partial charge < -0.3 is 10.6 Å². The molecule has 0 spiro atoms. The van der Waals surface area contributed by atoms with Crippen LogP contribution in [0.3, 0.4) is 0 Å². The monoisotopic (exact) mass is 329 g/mol. The first-order chi connectivity index (χ1) is 11.1. The Kier molecular flexibility index (Phi) is 4.96. The maximum absolute atomic E-state index is 11.0. The van der Waals surface area contributed by atoms with E-state index in [1.165, 1.54) is 18.4 Å². The number of thiazole rings is 1. The first kappa shape index (κ1) is 16.0. The van der Waals surface area contributed by atoms with E-state index in [0.29, 0.717) is 6.04 Å². The minimum absolute atomic E-state index is 0.0343. The second-order valence-corrected chi connectivity index (χ2v) is 7.15. The molecule has 0 aliphatic heterocycles. The van der Waals surface area contributed by atoms with Crippen molar-refractivity contribution in [2.24, 2.45) is 0 Å². The Hall–Kier alpha value is -1.88. The number of anilines is 1. The molecule has 1 heterocycles. The Morgan fingerprint density at radius 2 is 2.09 bits per heavy atom. The Morgan fingerprint density at radius 1 is 1.35 bits per heavy atom. The fourth-order valence-electron chi connectivity index (χ4n) is 2.52. The quantitative estimate of drug-likeness (QED) is 0.811. The third-order valence-corrected chi connectivity index (χ3v) is 4.75. The summed E-state index contributed by atoms with van der Waals surface area (Å²) in [5.74, 6) is 0.0343. The average Bonchev–Trinajstić information content (AvgIpc) is 3.20. The number of amides is 1. The highest BCUT2D eigenvalue weighted by Crippen LogP contribution is 2.30. The zero-order valence-electron chi connectivity index (χ0n) is 13.6. The van der Waals surface area contributed by atoms with Crippen LogP contribution in [0.5, 0.6) is 0 Å². The lowest BCUT2D eigenvalue weighted by Gasteiger charge is -2.12. The van der Waals surface area contributed by atoms with Gasteiger partial charge in [0.05, 0.1) is 5.69 Å². The van der Waals surface area contributed by atoms with Gasteiger partial charge in [-0.15, -0.1) is 11.3 Å². The molecule has 1 fully saturated rings. The molecule has 122 valence electrons. The van der Waals surface area contributed by atoms with Gasteiger partial charge in [-0.05, 0) is 38.2 Å². The van der Waals surface area contributed by atoms with Gasteiger partial charge in [-0.2, -0.15) is 0 Å². The number of nitrogens with one attached hydrogen (secondary N) is 2. The zero-order chi connectivity index (χ0) is 16.2. The van der Waals surface area contributed by atoms with E-state index in [0.717, 1.165) is 29.2 Å². The fourth-order valence-corrected chi connectivity index (χ4v) is 3.32. The molecule has 2 N–H and O–H groups in total. The molecule has 3 rings (SSSR count). The van der Waals surface area contributed by atoms with Crippen LogP contribution >= 0.6 is 11.3 Å². The van der Waals surface area contributed by atoms with Crippen LogP contribution in [0.4, 0.5) is 5.13 Å². The van der Waals surface area contributed by atoms with Gasteiger partial charge in [-0.3, -0.25) is 4.79 Å². The lowest BCUT2D eigenvalue weighted by atomic mass is 10.0. The molecular formula is C18H23N3OS. The molecule has 0 saturated heterocycles. The largest absolute Gasteiger partial charge is 0.359 e. The lowest BCUT2D eigenvalue weighted by molar-refractivity contribution is -0.119. The molecule has 1 aliphatic rings. The SMILES string of the molecule is CC(=O)NC(C)CCc1ccc(-c2csc(NC3CC3)n2)cc1. The van der Waals surface area contributed by atoms with Crippen LogP contribution in [0.25, 0.3) is 11.3 Å². The maximum atomic E-state index is 11.0. The molecule has 1 atom stereocenters. The van der Waals surface area contributed by atoms with E-state index in [1.54, 1.807) is 18.3 Å². The van der Waals surface area contributed by atoms with Crippen molar-refractivity contribution in [3.05, 3.63) is 35.2 Å². The number of hydrogen-bond acceptors (Lipinski definition) is 4. The summed E-state index contributed by atoms with van der Waals surface area (Å²) in [6.07, 6.45) is 4.44. The number of carbonyl (C=O) groups is 1. The summed E-state index contributed by atoms with van der Waals surface area (Å²) in [7, 11) is 0. The third-order valence-electron chi connectivity index (χ3n) is 3.97. The van der Waals surface area contributed by atoms with Crippen molar-refractivity contribution in [2.45, 2.75) is 51.6 Å². The Labute approximate surface area is 141 Å². The number of carbonyl (C=O) groups excluding carboxylic acids is 1. The summed E-state index contributed by atoms with van der Waals surface area (Å²) in [4.78, 5) is 15.7. The van der Waals surface area contributed by atoms with E-state index in [4.69, 9.17) is 0 Å². The molecule has 4 nitrogen and oxygen atoms in total. The average molecular weight is 329 g/mol. The van der Waals surface area contributed by atoms with Crippen LogP contribution in [-0.4, -0.2) is 23.0 Å². The topological polar surface area (TPSA) is 54.0 Å². The first-order valence-electron chi connectivity index (χ1n) is 8.18. The van der Waals surface area contributed by atoms with Crippen LogP contribution in [0.1, 0.15) is 38.7 Å². The Bertz CT molecular complexity index is 661. The fraction of sp³-hybridized carbons (Fsp3) is 0.444. The molecule has 1 amide bonds. The molecule has 2 aromatic rings. The van der Waals surface area contributed by atoms with Gasteiger partial charge in [0.15, 0.2) is 5.13 Å². The standard InChI is InChI=1S/C18H23N3OS/c1-12(19-13(2)22)3-4-14-5-7-15(8-6-14)17-11-23-18(21-17)20-16-9-10-16/h5-8,11-12,16H,3-4,9-10H2,1-2H3,(H,19,22)(H,20,21). The Morgan fingerprint density at radius 3 is 2.74 bits per heavy atom.